The molecule has 1 heterocycles. The van der Waals surface area contributed by atoms with E-state index < -0.39 is 12.0 Å². The number of amides is 1. The monoisotopic (exact) mass is 244 g/mol. The molecular weight excluding hydrogens is 230 g/mol. The van der Waals surface area contributed by atoms with Gasteiger partial charge in [-0.05, 0) is 0 Å². The minimum atomic E-state index is -2.73. The molecule has 0 aromatic carbocycles. The van der Waals surface area contributed by atoms with Crippen LogP contribution in [0.4, 0.5) is 8.78 Å². The van der Waals surface area contributed by atoms with Gasteiger partial charge in [0.2, 0.25) is 5.91 Å². The van der Waals surface area contributed by atoms with Crippen molar-refractivity contribution < 1.29 is 18.3 Å². The zero-order valence-electron chi connectivity index (χ0n) is 8.39. The van der Waals surface area contributed by atoms with Crippen LogP contribution in [0.15, 0.2) is 0 Å². The Morgan fingerprint density at radius 3 is 2.87 bits per heavy atom. The van der Waals surface area contributed by atoms with Crippen LogP contribution in [-0.4, -0.2) is 44.7 Å². The van der Waals surface area contributed by atoms with Crippen LogP contribution in [0.2, 0.25) is 0 Å². The molecule has 1 atom stereocenters. The van der Waals surface area contributed by atoms with E-state index in [-0.39, 0.29) is 37.9 Å². The molecule has 0 saturated carbocycles. The van der Waals surface area contributed by atoms with Crippen molar-refractivity contribution in [2.45, 2.75) is 18.4 Å². The van der Waals surface area contributed by atoms with E-state index in [1.807, 2.05) is 0 Å². The van der Waals surface area contributed by atoms with Crippen LogP contribution in [0.1, 0.15) is 6.42 Å². The van der Waals surface area contributed by atoms with Crippen molar-refractivity contribution in [1.29, 1.82) is 0 Å². The highest BCUT2D eigenvalue weighted by atomic mass is 35.5. The summed E-state index contributed by atoms with van der Waals surface area (Å²) in [6.45, 7) is -0.0310. The number of piperidine rings is 1. The topological polar surface area (TPSA) is 50.4 Å². The highest BCUT2D eigenvalue weighted by Gasteiger charge is 2.36. The van der Waals surface area contributed by atoms with E-state index in [1.54, 1.807) is 0 Å². The summed E-state index contributed by atoms with van der Waals surface area (Å²) in [6.07, 6.45) is -0.310. The normalized spacial score (nSPS) is 24.1. The van der Waals surface area contributed by atoms with Crippen LogP contribution in [0, 0.1) is 0 Å². The van der Waals surface area contributed by atoms with Gasteiger partial charge in [-0.3, -0.25) is 4.79 Å². The van der Waals surface area contributed by atoms with E-state index in [0.717, 1.165) is 0 Å². The van der Waals surface area contributed by atoms with Crippen LogP contribution in [0.5, 0.6) is 0 Å². The van der Waals surface area contributed by atoms with Crippen LogP contribution in [0.3, 0.4) is 0 Å². The van der Waals surface area contributed by atoms with Crippen molar-refractivity contribution in [3.63, 3.8) is 0 Å². The van der Waals surface area contributed by atoms with Gasteiger partial charge in [0.1, 0.15) is 6.61 Å². The summed E-state index contributed by atoms with van der Waals surface area (Å²) in [5.41, 5.74) is 0. The number of carbonyl (C=O) groups is 1. The zero-order chi connectivity index (χ0) is 10.6. The van der Waals surface area contributed by atoms with E-state index in [9.17, 15) is 13.6 Å². The summed E-state index contributed by atoms with van der Waals surface area (Å²) < 4.78 is 30.3. The van der Waals surface area contributed by atoms with Crippen molar-refractivity contribution in [2.24, 2.45) is 0 Å². The second kappa shape index (κ2) is 6.19. The van der Waals surface area contributed by atoms with Crippen molar-refractivity contribution in [2.75, 3.05) is 26.8 Å². The average molecular weight is 245 g/mol. The molecule has 0 aromatic rings. The molecule has 90 valence electrons. The Hall–Kier alpha value is -0.460. The van der Waals surface area contributed by atoms with Gasteiger partial charge < -0.3 is 15.4 Å². The van der Waals surface area contributed by atoms with Crippen molar-refractivity contribution in [1.82, 2.24) is 10.6 Å². The van der Waals surface area contributed by atoms with Gasteiger partial charge in [-0.2, -0.15) is 0 Å². The number of hydrogen-bond acceptors (Lipinski definition) is 3. The Balaban J connectivity index is 0.00000196. The van der Waals surface area contributed by atoms with Gasteiger partial charge in [-0.1, -0.05) is 0 Å². The molecule has 7 heteroatoms. The minimum absolute atomic E-state index is 0. The van der Waals surface area contributed by atoms with Gasteiger partial charge in [0.05, 0.1) is 6.54 Å². The van der Waals surface area contributed by atoms with Crippen LogP contribution >= 0.6 is 12.4 Å². The molecule has 1 saturated heterocycles. The molecule has 1 aliphatic rings. The maximum absolute atomic E-state index is 12.8. The Morgan fingerprint density at radius 2 is 2.33 bits per heavy atom. The van der Waals surface area contributed by atoms with Crippen LogP contribution in [-0.2, 0) is 9.53 Å². The fourth-order valence-corrected chi connectivity index (χ4v) is 1.44. The average Bonchev–Trinajstić information content (AvgIpc) is 2.02. The molecule has 1 rings (SSSR count). The number of halogens is 3. The van der Waals surface area contributed by atoms with Crippen molar-refractivity contribution >= 4 is 18.3 Å². The third-order valence-electron chi connectivity index (χ3n) is 1.96. The Bertz CT molecular complexity index is 217. The lowest BCUT2D eigenvalue weighted by Gasteiger charge is -2.30. The molecule has 4 nitrogen and oxygen atoms in total. The number of carbonyl (C=O) groups excluding carboxylic acids is 1. The number of methoxy groups -OCH3 is 1. The molecule has 1 unspecified atom stereocenters. The molecule has 1 fully saturated rings. The zero-order valence-corrected chi connectivity index (χ0v) is 9.20. The molecule has 0 bridgehead atoms. The number of alkyl halides is 2. The molecule has 0 aromatic heterocycles. The van der Waals surface area contributed by atoms with Gasteiger partial charge in [-0.15, -0.1) is 12.4 Å². The Morgan fingerprint density at radius 1 is 1.67 bits per heavy atom. The predicted molar refractivity (Wildman–Crippen MR) is 53.5 cm³/mol. The van der Waals surface area contributed by atoms with E-state index in [4.69, 9.17) is 0 Å². The van der Waals surface area contributed by atoms with Gasteiger partial charge in [0.15, 0.2) is 0 Å². The standard InChI is InChI=1S/C8H14F2N2O2.ClH/c1-14-4-7(13)12-6-2-8(9,10)5-11-3-6;/h6,11H,2-5H2,1H3,(H,12,13);1H. The SMILES string of the molecule is COCC(=O)NC1CNCC(F)(F)C1.Cl. The van der Waals surface area contributed by atoms with E-state index in [2.05, 4.69) is 15.4 Å². The smallest absolute Gasteiger partial charge is 0.262 e. The van der Waals surface area contributed by atoms with Crippen LogP contribution in [0.25, 0.3) is 0 Å². The summed E-state index contributed by atoms with van der Waals surface area (Å²) in [7, 11) is 1.38. The molecule has 0 aliphatic carbocycles. The summed E-state index contributed by atoms with van der Waals surface area (Å²) in [5.74, 6) is -3.10. The summed E-state index contributed by atoms with van der Waals surface area (Å²) in [4.78, 5) is 11.0. The first-order chi connectivity index (χ1) is 6.53. The largest absolute Gasteiger partial charge is 0.375 e. The number of rotatable bonds is 3. The van der Waals surface area contributed by atoms with Gasteiger partial charge in [-0.25, -0.2) is 8.78 Å². The summed E-state index contributed by atoms with van der Waals surface area (Å²) >= 11 is 0. The third-order valence-corrected chi connectivity index (χ3v) is 1.96. The van der Waals surface area contributed by atoms with Gasteiger partial charge >= 0.3 is 0 Å². The van der Waals surface area contributed by atoms with Gasteiger partial charge in [0, 0.05) is 26.1 Å². The molecule has 1 aliphatic heterocycles. The van der Waals surface area contributed by atoms with Crippen LogP contribution < -0.4 is 10.6 Å². The Labute approximate surface area is 93.1 Å². The first kappa shape index (κ1) is 14.5. The summed E-state index contributed by atoms with van der Waals surface area (Å²) in [6, 6.07) is -0.513. The molecule has 15 heavy (non-hydrogen) atoms. The minimum Gasteiger partial charge on any atom is -0.375 e. The second-order valence-electron chi connectivity index (χ2n) is 3.39. The lowest BCUT2D eigenvalue weighted by atomic mass is 10.0. The molecule has 1 amide bonds. The van der Waals surface area contributed by atoms with E-state index in [1.165, 1.54) is 7.11 Å². The van der Waals surface area contributed by atoms with Gasteiger partial charge in [0.25, 0.3) is 5.92 Å². The predicted octanol–water partition coefficient (Wildman–Crippen LogP) is 0.168. The van der Waals surface area contributed by atoms with E-state index in [0.29, 0.717) is 6.54 Å². The lowest BCUT2D eigenvalue weighted by Crippen LogP contribution is -2.53. The molecular formula is C8H15ClF2N2O2. The first-order valence-corrected chi connectivity index (χ1v) is 4.40. The molecule has 0 radical (unpaired) electrons. The van der Waals surface area contributed by atoms with Crippen molar-refractivity contribution in [3.05, 3.63) is 0 Å². The lowest BCUT2D eigenvalue weighted by molar-refractivity contribution is -0.126. The second-order valence-corrected chi connectivity index (χ2v) is 3.39. The highest BCUT2D eigenvalue weighted by molar-refractivity contribution is 5.85. The first-order valence-electron chi connectivity index (χ1n) is 4.40. The van der Waals surface area contributed by atoms with E-state index >= 15 is 0 Å². The fraction of sp³-hybridized carbons (Fsp3) is 0.875. The quantitative estimate of drug-likeness (QED) is 0.744. The Kier molecular flexibility index (Phi) is 6.00. The maximum Gasteiger partial charge on any atom is 0.262 e. The third kappa shape index (κ3) is 5.25. The number of nitrogens with one attached hydrogen (secondary N) is 2. The number of hydrogen-bond donors (Lipinski definition) is 2. The molecule has 2 N–H and O–H groups in total. The highest BCUT2D eigenvalue weighted by Crippen LogP contribution is 2.22. The number of ether oxygens (including phenoxy) is 1. The maximum atomic E-state index is 12.8. The summed E-state index contributed by atoms with van der Waals surface area (Å²) in [5, 5.41) is 5.04. The molecule has 0 spiro atoms. The fourth-order valence-electron chi connectivity index (χ4n) is 1.44. The van der Waals surface area contributed by atoms with Crippen molar-refractivity contribution in [3.8, 4) is 0 Å².